The highest BCUT2D eigenvalue weighted by Gasteiger charge is 2.21. The van der Waals surface area contributed by atoms with Crippen LogP contribution < -0.4 is 5.32 Å². The molecular formula is C19H20N4O2. The van der Waals surface area contributed by atoms with Gasteiger partial charge < -0.3 is 14.6 Å². The number of methoxy groups -OCH3 is 1. The van der Waals surface area contributed by atoms with Gasteiger partial charge in [-0.25, -0.2) is 0 Å². The Morgan fingerprint density at radius 3 is 2.60 bits per heavy atom. The van der Waals surface area contributed by atoms with Gasteiger partial charge in [-0.3, -0.25) is 4.79 Å². The van der Waals surface area contributed by atoms with Crippen LogP contribution in [0.4, 0.5) is 5.69 Å². The van der Waals surface area contributed by atoms with Crippen LogP contribution in [-0.2, 0) is 16.1 Å². The Hall–Kier alpha value is -2.99. The minimum Gasteiger partial charge on any atom is -0.367 e. The molecule has 0 aliphatic heterocycles. The number of carbonyl (C=O) groups excluding carboxylic acids is 1. The third-order valence-corrected chi connectivity index (χ3v) is 3.96. The number of ether oxygens (including phenoxy) is 1. The number of hydrogen-bond acceptors (Lipinski definition) is 4. The van der Waals surface area contributed by atoms with E-state index in [1.807, 2.05) is 66.1 Å². The molecule has 128 valence electrons. The molecule has 6 nitrogen and oxygen atoms in total. The second-order valence-corrected chi connectivity index (χ2v) is 5.50. The van der Waals surface area contributed by atoms with E-state index in [2.05, 4.69) is 15.5 Å². The second kappa shape index (κ2) is 7.72. The first-order valence-corrected chi connectivity index (χ1v) is 8.10. The number of benzene rings is 2. The zero-order chi connectivity index (χ0) is 17.6. The summed E-state index contributed by atoms with van der Waals surface area (Å²) in [7, 11) is 1.52. The molecule has 0 saturated carbocycles. The van der Waals surface area contributed by atoms with E-state index >= 15 is 0 Å². The van der Waals surface area contributed by atoms with Gasteiger partial charge in [-0.05, 0) is 24.6 Å². The Morgan fingerprint density at radius 2 is 1.88 bits per heavy atom. The minimum atomic E-state index is -0.682. The van der Waals surface area contributed by atoms with Crippen LogP contribution in [0, 0.1) is 0 Å². The van der Waals surface area contributed by atoms with Crippen molar-refractivity contribution in [1.82, 2.24) is 14.8 Å². The molecule has 0 aliphatic rings. The molecule has 1 heterocycles. The number of nitrogens with zero attached hydrogens (tertiary/aromatic N) is 3. The SMILES string of the molecule is CCn1cnnc1-c1ccccc1NC(=O)[C@@H](OC)c1ccccc1. The number of amides is 1. The molecule has 0 fully saturated rings. The van der Waals surface area contributed by atoms with Gasteiger partial charge in [-0.15, -0.1) is 10.2 Å². The summed E-state index contributed by atoms with van der Waals surface area (Å²) in [5, 5.41) is 11.1. The summed E-state index contributed by atoms with van der Waals surface area (Å²) in [5.41, 5.74) is 2.29. The molecule has 0 saturated heterocycles. The van der Waals surface area contributed by atoms with Gasteiger partial charge in [0.2, 0.25) is 0 Å². The maximum absolute atomic E-state index is 12.7. The van der Waals surface area contributed by atoms with Crippen molar-refractivity contribution in [3.05, 3.63) is 66.5 Å². The van der Waals surface area contributed by atoms with Gasteiger partial charge in [0, 0.05) is 19.2 Å². The zero-order valence-electron chi connectivity index (χ0n) is 14.2. The zero-order valence-corrected chi connectivity index (χ0v) is 14.2. The first-order valence-electron chi connectivity index (χ1n) is 8.10. The van der Waals surface area contributed by atoms with Crippen LogP contribution in [0.25, 0.3) is 11.4 Å². The normalized spacial score (nSPS) is 11.9. The van der Waals surface area contributed by atoms with E-state index in [-0.39, 0.29) is 5.91 Å². The lowest BCUT2D eigenvalue weighted by Gasteiger charge is -2.17. The Balaban J connectivity index is 1.89. The summed E-state index contributed by atoms with van der Waals surface area (Å²) < 4.78 is 7.33. The summed E-state index contributed by atoms with van der Waals surface area (Å²) in [6, 6.07) is 16.9. The van der Waals surface area contributed by atoms with E-state index in [4.69, 9.17) is 4.74 Å². The molecule has 0 bridgehead atoms. The van der Waals surface area contributed by atoms with Crippen molar-refractivity contribution < 1.29 is 9.53 Å². The maximum atomic E-state index is 12.7. The van der Waals surface area contributed by atoms with Crippen molar-refractivity contribution in [2.75, 3.05) is 12.4 Å². The van der Waals surface area contributed by atoms with Crippen molar-refractivity contribution in [1.29, 1.82) is 0 Å². The lowest BCUT2D eigenvalue weighted by molar-refractivity contribution is -0.126. The quantitative estimate of drug-likeness (QED) is 0.750. The minimum absolute atomic E-state index is 0.233. The number of aromatic nitrogens is 3. The van der Waals surface area contributed by atoms with Crippen LogP contribution in [0.5, 0.6) is 0 Å². The fourth-order valence-corrected chi connectivity index (χ4v) is 2.70. The molecule has 0 radical (unpaired) electrons. The summed E-state index contributed by atoms with van der Waals surface area (Å²) in [6.07, 6.45) is 0.994. The van der Waals surface area contributed by atoms with Crippen LogP contribution in [0.3, 0.4) is 0 Å². The standard InChI is InChI=1S/C19H20N4O2/c1-3-23-13-20-22-18(23)15-11-7-8-12-16(15)21-19(24)17(25-2)14-9-5-4-6-10-14/h4-13,17H,3H2,1-2H3,(H,21,24)/t17-/m0/s1. The number of rotatable bonds is 6. The molecule has 1 atom stereocenters. The van der Waals surface area contributed by atoms with E-state index in [0.29, 0.717) is 11.5 Å². The van der Waals surface area contributed by atoms with E-state index in [9.17, 15) is 4.79 Å². The molecule has 3 rings (SSSR count). The molecule has 1 amide bonds. The molecule has 25 heavy (non-hydrogen) atoms. The van der Waals surface area contributed by atoms with Crippen LogP contribution >= 0.6 is 0 Å². The van der Waals surface area contributed by atoms with E-state index < -0.39 is 6.10 Å². The number of para-hydroxylation sites is 1. The van der Waals surface area contributed by atoms with Gasteiger partial charge >= 0.3 is 0 Å². The maximum Gasteiger partial charge on any atom is 0.258 e. The smallest absolute Gasteiger partial charge is 0.258 e. The monoisotopic (exact) mass is 336 g/mol. The molecule has 2 aromatic carbocycles. The summed E-state index contributed by atoms with van der Waals surface area (Å²) in [6.45, 7) is 2.76. The molecular weight excluding hydrogens is 316 g/mol. The highest BCUT2D eigenvalue weighted by molar-refractivity contribution is 5.98. The molecule has 0 unspecified atom stereocenters. The molecule has 1 N–H and O–H groups in total. The number of hydrogen-bond donors (Lipinski definition) is 1. The Bertz CT molecular complexity index is 845. The third-order valence-electron chi connectivity index (χ3n) is 3.96. The highest BCUT2D eigenvalue weighted by atomic mass is 16.5. The average molecular weight is 336 g/mol. The Labute approximate surface area is 146 Å². The third kappa shape index (κ3) is 3.59. The summed E-state index contributed by atoms with van der Waals surface area (Å²) in [4.78, 5) is 12.7. The number of anilines is 1. The van der Waals surface area contributed by atoms with Crippen molar-refractivity contribution in [2.45, 2.75) is 19.6 Å². The van der Waals surface area contributed by atoms with Crippen LogP contribution in [0.15, 0.2) is 60.9 Å². The second-order valence-electron chi connectivity index (χ2n) is 5.50. The summed E-state index contributed by atoms with van der Waals surface area (Å²) >= 11 is 0. The lowest BCUT2D eigenvalue weighted by Crippen LogP contribution is -2.23. The van der Waals surface area contributed by atoms with E-state index in [1.165, 1.54) is 7.11 Å². The Kier molecular flexibility index (Phi) is 5.20. The van der Waals surface area contributed by atoms with Crippen molar-refractivity contribution in [3.8, 4) is 11.4 Å². The van der Waals surface area contributed by atoms with Crippen molar-refractivity contribution >= 4 is 11.6 Å². The fraction of sp³-hybridized carbons (Fsp3) is 0.211. The predicted octanol–water partition coefficient (Wildman–Crippen LogP) is 3.29. The molecule has 0 aliphatic carbocycles. The average Bonchev–Trinajstić information content (AvgIpc) is 3.12. The van der Waals surface area contributed by atoms with Crippen LogP contribution in [0.1, 0.15) is 18.6 Å². The van der Waals surface area contributed by atoms with E-state index in [0.717, 1.165) is 17.7 Å². The molecule has 0 spiro atoms. The lowest BCUT2D eigenvalue weighted by atomic mass is 10.1. The van der Waals surface area contributed by atoms with Crippen molar-refractivity contribution in [3.63, 3.8) is 0 Å². The number of carbonyl (C=O) groups is 1. The predicted molar refractivity (Wildman–Crippen MR) is 96.0 cm³/mol. The van der Waals surface area contributed by atoms with Gasteiger partial charge in [-0.2, -0.15) is 0 Å². The number of aryl methyl sites for hydroxylation is 1. The molecule has 6 heteroatoms. The fourth-order valence-electron chi connectivity index (χ4n) is 2.70. The van der Waals surface area contributed by atoms with Crippen LogP contribution in [-0.4, -0.2) is 27.8 Å². The first-order chi connectivity index (χ1) is 12.2. The number of nitrogens with one attached hydrogen (secondary N) is 1. The first kappa shape index (κ1) is 16.9. The Morgan fingerprint density at radius 1 is 1.16 bits per heavy atom. The molecule has 1 aromatic heterocycles. The topological polar surface area (TPSA) is 69.0 Å². The van der Waals surface area contributed by atoms with E-state index in [1.54, 1.807) is 6.33 Å². The van der Waals surface area contributed by atoms with Gasteiger partial charge in [0.05, 0.1) is 5.69 Å². The highest BCUT2D eigenvalue weighted by Crippen LogP contribution is 2.27. The molecule has 3 aromatic rings. The summed E-state index contributed by atoms with van der Waals surface area (Å²) in [5.74, 6) is 0.482. The van der Waals surface area contributed by atoms with Gasteiger partial charge in [0.15, 0.2) is 11.9 Å². The van der Waals surface area contributed by atoms with Gasteiger partial charge in [-0.1, -0.05) is 42.5 Å². The van der Waals surface area contributed by atoms with Gasteiger partial charge in [0.1, 0.15) is 6.33 Å². The van der Waals surface area contributed by atoms with Crippen LogP contribution in [0.2, 0.25) is 0 Å². The van der Waals surface area contributed by atoms with Gasteiger partial charge in [0.25, 0.3) is 5.91 Å². The van der Waals surface area contributed by atoms with Crippen molar-refractivity contribution in [2.24, 2.45) is 0 Å². The largest absolute Gasteiger partial charge is 0.367 e.